The Morgan fingerprint density at radius 2 is 1.69 bits per heavy atom. The zero-order valence-corrected chi connectivity index (χ0v) is 8.33. The molecule has 0 aromatic rings. The van der Waals surface area contributed by atoms with Crippen LogP contribution >= 0.6 is 0 Å². The summed E-state index contributed by atoms with van der Waals surface area (Å²) >= 11 is 0. The average molecular weight is 184 g/mol. The number of ketones is 1. The SMILES string of the molecule is CC(=O)C[C@@H]1[C@H](CC(=O)O)C1(C)C. The molecule has 13 heavy (non-hydrogen) atoms. The molecule has 0 aromatic heterocycles. The summed E-state index contributed by atoms with van der Waals surface area (Å²) in [5, 5.41) is 8.62. The Bertz CT molecular complexity index is 219. The van der Waals surface area contributed by atoms with Crippen molar-refractivity contribution in [1.29, 1.82) is 0 Å². The highest BCUT2D eigenvalue weighted by atomic mass is 16.4. The molecule has 3 heteroatoms. The van der Waals surface area contributed by atoms with E-state index in [1.54, 1.807) is 6.92 Å². The molecule has 1 saturated carbocycles. The van der Waals surface area contributed by atoms with Gasteiger partial charge < -0.3 is 9.90 Å². The first-order valence-corrected chi connectivity index (χ1v) is 4.57. The second-order valence-corrected chi connectivity index (χ2v) is 4.54. The molecule has 0 aromatic carbocycles. The van der Waals surface area contributed by atoms with Crippen LogP contribution < -0.4 is 0 Å². The number of hydrogen-bond acceptors (Lipinski definition) is 2. The molecular formula is C10H16O3. The van der Waals surface area contributed by atoms with Crippen LogP contribution in [-0.2, 0) is 9.59 Å². The topological polar surface area (TPSA) is 54.4 Å². The summed E-state index contributed by atoms with van der Waals surface area (Å²) in [6.07, 6.45) is 0.732. The molecule has 1 rings (SSSR count). The summed E-state index contributed by atoms with van der Waals surface area (Å²) in [6.45, 7) is 5.63. The summed E-state index contributed by atoms with van der Waals surface area (Å²) in [6, 6.07) is 0. The van der Waals surface area contributed by atoms with E-state index in [2.05, 4.69) is 0 Å². The van der Waals surface area contributed by atoms with Crippen molar-refractivity contribution in [2.75, 3.05) is 0 Å². The fourth-order valence-electron chi connectivity index (χ4n) is 2.17. The van der Waals surface area contributed by atoms with E-state index >= 15 is 0 Å². The Kier molecular flexibility index (Phi) is 2.46. The Morgan fingerprint density at radius 1 is 1.23 bits per heavy atom. The summed E-state index contributed by atoms with van der Waals surface area (Å²) in [5.41, 5.74) is 0.0457. The van der Waals surface area contributed by atoms with Crippen LogP contribution in [-0.4, -0.2) is 16.9 Å². The van der Waals surface area contributed by atoms with E-state index in [1.165, 1.54) is 0 Å². The predicted octanol–water partition coefficient (Wildman–Crippen LogP) is 1.71. The lowest BCUT2D eigenvalue weighted by Crippen LogP contribution is -1.99. The molecule has 74 valence electrons. The first kappa shape index (κ1) is 10.2. The number of carboxylic acid groups (broad SMARTS) is 1. The molecule has 1 N–H and O–H groups in total. The van der Waals surface area contributed by atoms with Crippen molar-refractivity contribution in [2.45, 2.75) is 33.6 Å². The van der Waals surface area contributed by atoms with Crippen molar-refractivity contribution in [3.05, 3.63) is 0 Å². The normalized spacial score (nSPS) is 29.8. The second-order valence-electron chi connectivity index (χ2n) is 4.54. The van der Waals surface area contributed by atoms with Gasteiger partial charge in [-0.3, -0.25) is 4.79 Å². The Morgan fingerprint density at radius 3 is 2.08 bits per heavy atom. The van der Waals surface area contributed by atoms with Gasteiger partial charge in [-0.05, 0) is 24.2 Å². The number of carboxylic acids is 1. The number of carbonyl (C=O) groups excluding carboxylic acids is 1. The maximum atomic E-state index is 10.9. The van der Waals surface area contributed by atoms with Crippen LogP contribution in [0, 0.1) is 17.3 Å². The lowest BCUT2D eigenvalue weighted by Gasteiger charge is -1.99. The minimum absolute atomic E-state index is 0.0457. The maximum absolute atomic E-state index is 10.9. The molecule has 3 nitrogen and oxygen atoms in total. The van der Waals surface area contributed by atoms with Gasteiger partial charge in [0.05, 0.1) is 0 Å². The molecule has 1 fully saturated rings. The first-order chi connectivity index (χ1) is 5.85. The molecule has 0 aliphatic heterocycles. The first-order valence-electron chi connectivity index (χ1n) is 4.57. The van der Waals surface area contributed by atoms with Gasteiger partial charge in [-0.15, -0.1) is 0 Å². The van der Waals surface area contributed by atoms with E-state index in [0.717, 1.165) is 0 Å². The Labute approximate surface area is 78.1 Å². The summed E-state index contributed by atoms with van der Waals surface area (Å²) in [5.74, 6) is -0.134. The van der Waals surface area contributed by atoms with E-state index in [4.69, 9.17) is 5.11 Å². The van der Waals surface area contributed by atoms with Crippen molar-refractivity contribution in [1.82, 2.24) is 0 Å². The smallest absolute Gasteiger partial charge is 0.303 e. The fraction of sp³-hybridized carbons (Fsp3) is 0.800. The van der Waals surface area contributed by atoms with Gasteiger partial charge in [0.2, 0.25) is 0 Å². The van der Waals surface area contributed by atoms with Crippen molar-refractivity contribution in [3.63, 3.8) is 0 Å². The van der Waals surface area contributed by atoms with E-state index in [-0.39, 0.29) is 29.5 Å². The van der Waals surface area contributed by atoms with Crippen LogP contribution in [0.4, 0.5) is 0 Å². The minimum atomic E-state index is -0.760. The number of hydrogen-bond donors (Lipinski definition) is 1. The van der Waals surface area contributed by atoms with Gasteiger partial charge in [0.1, 0.15) is 5.78 Å². The van der Waals surface area contributed by atoms with E-state index in [1.807, 2.05) is 13.8 Å². The maximum Gasteiger partial charge on any atom is 0.303 e. The zero-order valence-electron chi connectivity index (χ0n) is 8.33. The molecular weight excluding hydrogens is 168 g/mol. The average Bonchev–Trinajstić information content (AvgIpc) is 2.36. The molecule has 2 atom stereocenters. The zero-order chi connectivity index (χ0) is 10.2. The van der Waals surface area contributed by atoms with Gasteiger partial charge >= 0.3 is 5.97 Å². The number of carbonyl (C=O) groups is 2. The highest BCUT2D eigenvalue weighted by molar-refractivity contribution is 5.76. The van der Waals surface area contributed by atoms with Crippen molar-refractivity contribution in [3.8, 4) is 0 Å². The number of aliphatic carboxylic acids is 1. The number of rotatable bonds is 4. The lowest BCUT2D eigenvalue weighted by molar-refractivity contribution is -0.137. The third-order valence-corrected chi connectivity index (χ3v) is 3.19. The third-order valence-electron chi connectivity index (χ3n) is 3.19. The largest absolute Gasteiger partial charge is 0.481 e. The molecule has 1 aliphatic carbocycles. The Balaban J connectivity index is 2.50. The summed E-state index contributed by atoms with van der Waals surface area (Å²) in [4.78, 5) is 21.3. The van der Waals surface area contributed by atoms with Gasteiger partial charge in [-0.25, -0.2) is 0 Å². The molecule has 0 bridgehead atoms. The van der Waals surface area contributed by atoms with Gasteiger partial charge in [-0.1, -0.05) is 13.8 Å². The van der Waals surface area contributed by atoms with Gasteiger partial charge in [0.15, 0.2) is 0 Å². The van der Waals surface area contributed by atoms with E-state index < -0.39 is 5.97 Å². The molecule has 0 radical (unpaired) electrons. The van der Waals surface area contributed by atoms with Gasteiger partial charge in [0.25, 0.3) is 0 Å². The number of Topliss-reactive ketones (excluding diaryl/α,β-unsaturated/α-hetero) is 1. The molecule has 1 aliphatic rings. The monoisotopic (exact) mass is 184 g/mol. The quantitative estimate of drug-likeness (QED) is 0.723. The van der Waals surface area contributed by atoms with Crippen LogP contribution in [0.25, 0.3) is 0 Å². The van der Waals surface area contributed by atoms with Gasteiger partial charge in [0, 0.05) is 12.8 Å². The molecule has 0 saturated heterocycles. The minimum Gasteiger partial charge on any atom is -0.481 e. The third kappa shape index (κ3) is 2.08. The van der Waals surface area contributed by atoms with Crippen molar-refractivity contribution < 1.29 is 14.7 Å². The highest BCUT2D eigenvalue weighted by Gasteiger charge is 2.57. The fourth-order valence-corrected chi connectivity index (χ4v) is 2.17. The summed E-state index contributed by atoms with van der Waals surface area (Å²) < 4.78 is 0. The van der Waals surface area contributed by atoms with Crippen LogP contribution in [0.5, 0.6) is 0 Å². The highest BCUT2D eigenvalue weighted by Crippen LogP contribution is 2.61. The van der Waals surface area contributed by atoms with Crippen LogP contribution in [0.15, 0.2) is 0 Å². The van der Waals surface area contributed by atoms with Crippen molar-refractivity contribution >= 4 is 11.8 Å². The summed E-state index contributed by atoms with van der Waals surface area (Å²) in [7, 11) is 0. The van der Waals surface area contributed by atoms with Crippen LogP contribution in [0.3, 0.4) is 0 Å². The van der Waals surface area contributed by atoms with E-state index in [9.17, 15) is 9.59 Å². The molecule has 0 amide bonds. The lowest BCUT2D eigenvalue weighted by atomic mass is 10.1. The predicted molar refractivity (Wildman–Crippen MR) is 48.3 cm³/mol. The van der Waals surface area contributed by atoms with Crippen molar-refractivity contribution in [2.24, 2.45) is 17.3 Å². The molecule has 0 unspecified atom stereocenters. The van der Waals surface area contributed by atoms with E-state index in [0.29, 0.717) is 6.42 Å². The Hall–Kier alpha value is -0.860. The van der Waals surface area contributed by atoms with Crippen LogP contribution in [0.2, 0.25) is 0 Å². The van der Waals surface area contributed by atoms with Crippen LogP contribution in [0.1, 0.15) is 33.6 Å². The molecule has 0 heterocycles. The standard InChI is InChI=1S/C10H16O3/c1-6(11)4-7-8(5-9(12)13)10(7,2)3/h7-8H,4-5H2,1-3H3,(H,12,13)/t7-,8+/m1/s1. The van der Waals surface area contributed by atoms with Gasteiger partial charge in [-0.2, -0.15) is 0 Å². The molecule has 0 spiro atoms. The second kappa shape index (κ2) is 3.13.